The molecule has 1 nitrogen and oxygen atoms in total. The molecule has 1 rings (SSSR count). The van der Waals surface area contributed by atoms with Gasteiger partial charge in [-0.25, -0.2) is 0 Å². The lowest BCUT2D eigenvalue weighted by Gasteiger charge is -2.30. The van der Waals surface area contributed by atoms with Crippen molar-refractivity contribution in [2.24, 2.45) is 5.41 Å². The maximum atomic E-state index is 9.27. The summed E-state index contributed by atoms with van der Waals surface area (Å²) in [5, 5.41) is 9.27. The molecule has 0 radical (unpaired) electrons. The zero-order valence-corrected chi connectivity index (χ0v) is 9.62. The van der Waals surface area contributed by atoms with Gasteiger partial charge >= 0.3 is 0 Å². The first-order valence-electron chi connectivity index (χ1n) is 5.10. The lowest BCUT2D eigenvalue weighted by atomic mass is 9.72. The van der Waals surface area contributed by atoms with Gasteiger partial charge in [0, 0.05) is 5.41 Å². The molecule has 0 saturated carbocycles. The number of rotatable bonds is 3. The molecule has 0 fully saturated rings. The molecule has 78 valence electrons. The van der Waals surface area contributed by atoms with Crippen LogP contribution in [0.2, 0.25) is 0 Å². The quantitative estimate of drug-likeness (QED) is 0.677. The van der Waals surface area contributed by atoms with Gasteiger partial charge in [-0.2, -0.15) is 5.26 Å². The second-order valence-corrected chi connectivity index (χ2v) is 4.47. The zero-order chi connectivity index (χ0) is 11.5. The third-order valence-electron chi connectivity index (χ3n) is 3.08. The topological polar surface area (TPSA) is 23.8 Å². The molecule has 0 amide bonds. The summed E-state index contributed by atoms with van der Waals surface area (Å²) in [7, 11) is 0. The molecule has 0 bridgehead atoms. The molecule has 1 aromatic rings. The summed E-state index contributed by atoms with van der Waals surface area (Å²) in [5.41, 5.74) is 1.92. The first-order valence-corrected chi connectivity index (χ1v) is 5.10. The van der Waals surface area contributed by atoms with E-state index in [1.165, 1.54) is 0 Å². The van der Waals surface area contributed by atoms with Crippen molar-refractivity contribution in [3.8, 4) is 6.07 Å². The molecule has 1 unspecified atom stereocenters. The van der Waals surface area contributed by atoms with Crippen LogP contribution in [-0.4, -0.2) is 0 Å². The number of hydrogen-bond acceptors (Lipinski definition) is 1. The van der Waals surface area contributed by atoms with Gasteiger partial charge in [0.1, 0.15) is 0 Å². The Bertz CT molecular complexity index is 382. The summed E-state index contributed by atoms with van der Waals surface area (Å²) in [6.45, 7) is 10.1. The number of benzene rings is 1. The van der Waals surface area contributed by atoms with E-state index in [-0.39, 0.29) is 11.3 Å². The Kier molecular flexibility index (Phi) is 3.31. The van der Waals surface area contributed by atoms with Crippen molar-refractivity contribution in [1.29, 1.82) is 5.26 Å². The SMILES string of the molecule is C=C(C)C(C)(C)C(C#N)c1ccccc1. The fourth-order valence-electron chi connectivity index (χ4n) is 1.54. The van der Waals surface area contributed by atoms with Gasteiger partial charge in [-0.05, 0) is 12.5 Å². The Morgan fingerprint density at radius 3 is 2.27 bits per heavy atom. The Balaban J connectivity index is 3.12. The molecule has 0 heterocycles. The fourth-order valence-corrected chi connectivity index (χ4v) is 1.54. The molecule has 0 aliphatic carbocycles. The van der Waals surface area contributed by atoms with Gasteiger partial charge in [-0.15, -0.1) is 0 Å². The third-order valence-corrected chi connectivity index (χ3v) is 3.08. The summed E-state index contributed by atoms with van der Waals surface area (Å²) in [5.74, 6) is -0.129. The van der Waals surface area contributed by atoms with Crippen LogP contribution in [-0.2, 0) is 0 Å². The van der Waals surface area contributed by atoms with Crippen molar-refractivity contribution in [2.75, 3.05) is 0 Å². The molecule has 0 spiro atoms. The van der Waals surface area contributed by atoms with Crippen LogP contribution in [0.15, 0.2) is 42.5 Å². The van der Waals surface area contributed by atoms with Gasteiger partial charge in [0.25, 0.3) is 0 Å². The number of nitrogens with zero attached hydrogens (tertiary/aromatic N) is 1. The largest absolute Gasteiger partial charge is 0.198 e. The normalized spacial score (nSPS) is 12.9. The highest BCUT2D eigenvalue weighted by Gasteiger charge is 2.31. The van der Waals surface area contributed by atoms with Gasteiger partial charge in [0.2, 0.25) is 0 Å². The number of allylic oxidation sites excluding steroid dienone is 1. The highest BCUT2D eigenvalue weighted by molar-refractivity contribution is 5.31. The molecule has 1 aromatic carbocycles. The van der Waals surface area contributed by atoms with Crippen LogP contribution in [0, 0.1) is 16.7 Å². The van der Waals surface area contributed by atoms with E-state index in [0.29, 0.717) is 0 Å². The minimum atomic E-state index is -0.184. The molecule has 15 heavy (non-hydrogen) atoms. The van der Waals surface area contributed by atoms with Gasteiger partial charge in [-0.1, -0.05) is 56.3 Å². The zero-order valence-electron chi connectivity index (χ0n) is 9.62. The maximum Gasteiger partial charge on any atom is 0.0800 e. The monoisotopic (exact) mass is 199 g/mol. The van der Waals surface area contributed by atoms with Crippen molar-refractivity contribution in [3.63, 3.8) is 0 Å². The molecular formula is C14H17N. The lowest BCUT2D eigenvalue weighted by Crippen LogP contribution is -2.22. The highest BCUT2D eigenvalue weighted by atomic mass is 14.4. The fraction of sp³-hybridized carbons (Fsp3) is 0.357. The van der Waals surface area contributed by atoms with E-state index in [2.05, 4.69) is 26.5 Å². The van der Waals surface area contributed by atoms with E-state index in [0.717, 1.165) is 11.1 Å². The summed E-state index contributed by atoms with van der Waals surface area (Å²) >= 11 is 0. The molecule has 1 heteroatoms. The van der Waals surface area contributed by atoms with Gasteiger partial charge < -0.3 is 0 Å². The Labute approximate surface area is 92.1 Å². The standard InChI is InChI=1S/C14H17N/c1-11(2)14(3,4)13(10-15)12-8-6-5-7-9-12/h5-9,13H,1H2,2-4H3. The van der Waals surface area contributed by atoms with E-state index in [1.807, 2.05) is 37.3 Å². The van der Waals surface area contributed by atoms with E-state index in [9.17, 15) is 5.26 Å². The van der Waals surface area contributed by atoms with Crippen LogP contribution in [0.25, 0.3) is 0 Å². The third kappa shape index (κ3) is 2.27. The summed E-state index contributed by atoms with van der Waals surface area (Å²) < 4.78 is 0. The van der Waals surface area contributed by atoms with E-state index in [1.54, 1.807) is 0 Å². The lowest BCUT2D eigenvalue weighted by molar-refractivity contribution is 0.405. The average Bonchev–Trinajstić information content (AvgIpc) is 2.19. The second kappa shape index (κ2) is 4.31. The highest BCUT2D eigenvalue weighted by Crippen LogP contribution is 2.40. The van der Waals surface area contributed by atoms with Gasteiger partial charge in [0.05, 0.1) is 12.0 Å². The Morgan fingerprint density at radius 2 is 1.87 bits per heavy atom. The Morgan fingerprint density at radius 1 is 1.33 bits per heavy atom. The van der Waals surface area contributed by atoms with Crippen LogP contribution in [0.5, 0.6) is 0 Å². The van der Waals surface area contributed by atoms with Crippen LogP contribution in [0.1, 0.15) is 32.3 Å². The van der Waals surface area contributed by atoms with Crippen molar-refractivity contribution < 1.29 is 0 Å². The molecule has 0 aliphatic heterocycles. The van der Waals surface area contributed by atoms with Crippen molar-refractivity contribution in [2.45, 2.75) is 26.7 Å². The first kappa shape index (κ1) is 11.5. The predicted octanol–water partition coefficient (Wildman–Crippen LogP) is 3.90. The predicted molar refractivity (Wildman–Crippen MR) is 63.4 cm³/mol. The molecule has 0 N–H and O–H groups in total. The van der Waals surface area contributed by atoms with Crippen molar-refractivity contribution in [3.05, 3.63) is 48.0 Å². The minimum Gasteiger partial charge on any atom is -0.198 e. The van der Waals surface area contributed by atoms with Gasteiger partial charge in [-0.3, -0.25) is 0 Å². The van der Waals surface area contributed by atoms with E-state index >= 15 is 0 Å². The summed E-state index contributed by atoms with van der Waals surface area (Å²) in [4.78, 5) is 0. The molecular weight excluding hydrogens is 182 g/mol. The second-order valence-electron chi connectivity index (χ2n) is 4.47. The molecule has 0 aliphatic rings. The first-order chi connectivity index (χ1) is 7.00. The Hall–Kier alpha value is -1.55. The smallest absolute Gasteiger partial charge is 0.0800 e. The van der Waals surface area contributed by atoms with E-state index in [4.69, 9.17) is 0 Å². The van der Waals surface area contributed by atoms with Crippen molar-refractivity contribution >= 4 is 0 Å². The molecule has 0 aromatic heterocycles. The van der Waals surface area contributed by atoms with Crippen LogP contribution < -0.4 is 0 Å². The summed E-state index contributed by atoms with van der Waals surface area (Å²) in [6.07, 6.45) is 0. The van der Waals surface area contributed by atoms with E-state index < -0.39 is 0 Å². The average molecular weight is 199 g/mol. The number of nitriles is 1. The van der Waals surface area contributed by atoms with Gasteiger partial charge in [0.15, 0.2) is 0 Å². The maximum absolute atomic E-state index is 9.27. The molecule has 0 saturated heterocycles. The minimum absolute atomic E-state index is 0.129. The number of hydrogen-bond donors (Lipinski definition) is 0. The van der Waals surface area contributed by atoms with Crippen LogP contribution in [0.4, 0.5) is 0 Å². The van der Waals surface area contributed by atoms with Crippen molar-refractivity contribution in [1.82, 2.24) is 0 Å². The van der Waals surface area contributed by atoms with Crippen LogP contribution in [0.3, 0.4) is 0 Å². The molecule has 1 atom stereocenters. The van der Waals surface area contributed by atoms with Crippen LogP contribution >= 0.6 is 0 Å². The summed E-state index contributed by atoms with van der Waals surface area (Å²) in [6, 6.07) is 12.3.